The summed E-state index contributed by atoms with van der Waals surface area (Å²) in [6.07, 6.45) is 0. The Kier molecular flexibility index (Phi) is 6.87. The predicted octanol–water partition coefficient (Wildman–Crippen LogP) is 4.48. The van der Waals surface area contributed by atoms with Crippen LogP contribution in [0.1, 0.15) is 33.3 Å². The second-order valence-corrected chi connectivity index (χ2v) is 6.61. The second-order valence-electron chi connectivity index (χ2n) is 5.75. The van der Waals surface area contributed by atoms with E-state index in [4.69, 9.17) is 4.74 Å². The molecule has 0 aliphatic heterocycles. The van der Waals surface area contributed by atoms with E-state index >= 15 is 0 Å². The highest BCUT2D eigenvalue weighted by atomic mass is 79.9. The number of rotatable bonds is 7. The van der Waals surface area contributed by atoms with Crippen molar-refractivity contribution in [2.75, 3.05) is 13.7 Å². The first-order chi connectivity index (χ1) is 8.95. The maximum atomic E-state index is 5.24. The molecule has 1 rings (SSSR count). The SMILES string of the molecule is COc1ccc(CNCC(C(C)C)C(C)C)cc1Br. The molecule has 0 aliphatic carbocycles. The quantitative estimate of drug-likeness (QED) is 0.797. The van der Waals surface area contributed by atoms with Crippen molar-refractivity contribution in [1.82, 2.24) is 5.32 Å². The van der Waals surface area contributed by atoms with E-state index in [0.29, 0.717) is 0 Å². The Morgan fingerprint density at radius 3 is 2.26 bits per heavy atom. The van der Waals surface area contributed by atoms with Crippen LogP contribution in [0, 0.1) is 17.8 Å². The standard InChI is InChI=1S/C16H26BrNO/c1-11(2)14(12(3)4)10-18-9-13-6-7-16(19-5)15(17)8-13/h6-8,11-12,14,18H,9-10H2,1-5H3. The van der Waals surface area contributed by atoms with Gasteiger partial charge in [0.15, 0.2) is 0 Å². The highest BCUT2D eigenvalue weighted by molar-refractivity contribution is 9.10. The number of methoxy groups -OCH3 is 1. The average molecular weight is 328 g/mol. The molecule has 0 spiro atoms. The molecule has 0 aliphatic rings. The summed E-state index contributed by atoms with van der Waals surface area (Å²) in [4.78, 5) is 0. The lowest BCUT2D eigenvalue weighted by Crippen LogP contribution is -2.29. The van der Waals surface area contributed by atoms with E-state index in [1.54, 1.807) is 7.11 Å². The summed E-state index contributed by atoms with van der Waals surface area (Å²) in [5, 5.41) is 3.57. The molecule has 0 atom stereocenters. The van der Waals surface area contributed by atoms with Crippen LogP contribution in [-0.2, 0) is 6.54 Å². The van der Waals surface area contributed by atoms with Crippen LogP contribution in [0.25, 0.3) is 0 Å². The van der Waals surface area contributed by atoms with Crippen LogP contribution in [0.4, 0.5) is 0 Å². The first kappa shape index (κ1) is 16.5. The van der Waals surface area contributed by atoms with Gasteiger partial charge in [0.25, 0.3) is 0 Å². The van der Waals surface area contributed by atoms with E-state index in [-0.39, 0.29) is 0 Å². The van der Waals surface area contributed by atoms with Crippen molar-refractivity contribution >= 4 is 15.9 Å². The molecule has 0 heterocycles. The molecule has 0 fully saturated rings. The molecule has 0 saturated heterocycles. The lowest BCUT2D eigenvalue weighted by molar-refractivity contribution is 0.275. The number of halogens is 1. The van der Waals surface area contributed by atoms with Gasteiger partial charge in [0.2, 0.25) is 0 Å². The van der Waals surface area contributed by atoms with Crippen molar-refractivity contribution in [2.24, 2.45) is 17.8 Å². The zero-order valence-corrected chi connectivity index (χ0v) is 14.3. The summed E-state index contributed by atoms with van der Waals surface area (Å²) in [7, 11) is 1.69. The first-order valence-corrected chi connectivity index (χ1v) is 7.78. The lowest BCUT2D eigenvalue weighted by Gasteiger charge is -2.25. The van der Waals surface area contributed by atoms with Gasteiger partial charge >= 0.3 is 0 Å². The van der Waals surface area contributed by atoms with Crippen LogP contribution in [0.15, 0.2) is 22.7 Å². The highest BCUT2D eigenvalue weighted by Crippen LogP contribution is 2.25. The van der Waals surface area contributed by atoms with Gasteiger partial charge in [-0.05, 0) is 57.9 Å². The topological polar surface area (TPSA) is 21.3 Å². The summed E-state index contributed by atoms with van der Waals surface area (Å²) >= 11 is 3.52. The molecular formula is C16H26BrNO. The van der Waals surface area contributed by atoms with Gasteiger partial charge in [-0.1, -0.05) is 33.8 Å². The summed E-state index contributed by atoms with van der Waals surface area (Å²) in [6.45, 7) is 11.2. The molecule has 108 valence electrons. The average Bonchev–Trinajstić information content (AvgIpc) is 2.33. The third-order valence-electron chi connectivity index (χ3n) is 3.64. The van der Waals surface area contributed by atoms with Crippen LogP contribution < -0.4 is 10.1 Å². The highest BCUT2D eigenvalue weighted by Gasteiger charge is 2.16. The molecule has 1 aromatic carbocycles. The van der Waals surface area contributed by atoms with Gasteiger partial charge in [-0.15, -0.1) is 0 Å². The van der Waals surface area contributed by atoms with Gasteiger partial charge in [0.05, 0.1) is 11.6 Å². The van der Waals surface area contributed by atoms with E-state index in [9.17, 15) is 0 Å². The maximum Gasteiger partial charge on any atom is 0.133 e. The van der Waals surface area contributed by atoms with E-state index in [0.717, 1.165) is 41.1 Å². The normalized spacial score (nSPS) is 11.6. The van der Waals surface area contributed by atoms with E-state index < -0.39 is 0 Å². The van der Waals surface area contributed by atoms with Crippen LogP contribution >= 0.6 is 15.9 Å². The number of hydrogen-bond donors (Lipinski definition) is 1. The molecule has 0 bridgehead atoms. The maximum absolute atomic E-state index is 5.24. The van der Waals surface area contributed by atoms with Crippen molar-refractivity contribution in [1.29, 1.82) is 0 Å². The zero-order valence-electron chi connectivity index (χ0n) is 12.7. The zero-order chi connectivity index (χ0) is 14.4. The fraction of sp³-hybridized carbons (Fsp3) is 0.625. The van der Waals surface area contributed by atoms with Gasteiger partial charge < -0.3 is 10.1 Å². The number of ether oxygens (including phenoxy) is 1. The van der Waals surface area contributed by atoms with Crippen molar-refractivity contribution in [2.45, 2.75) is 34.2 Å². The Balaban J connectivity index is 2.51. The van der Waals surface area contributed by atoms with E-state index in [1.165, 1.54) is 5.56 Å². The van der Waals surface area contributed by atoms with Crippen LogP contribution in [0.3, 0.4) is 0 Å². The van der Waals surface area contributed by atoms with Gasteiger partial charge in [-0.25, -0.2) is 0 Å². The Morgan fingerprint density at radius 1 is 1.16 bits per heavy atom. The third-order valence-corrected chi connectivity index (χ3v) is 4.26. The molecule has 0 saturated carbocycles. The number of hydrogen-bond acceptors (Lipinski definition) is 2. The molecule has 1 N–H and O–H groups in total. The number of benzene rings is 1. The fourth-order valence-electron chi connectivity index (χ4n) is 2.44. The lowest BCUT2D eigenvalue weighted by atomic mass is 9.85. The molecule has 0 aromatic heterocycles. The Morgan fingerprint density at radius 2 is 1.79 bits per heavy atom. The summed E-state index contributed by atoms with van der Waals surface area (Å²) in [6, 6.07) is 6.23. The summed E-state index contributed by atoms with van der Waals surface area (Å²) in [5.41, 5.74) is 1.28. The molecule has 0 amide bonds. The van der Waals surface area contributed by atoms with Crippen LogP contribution in [0.5, 0.6) is 5.75 Å². The van der Waals surface area contributed by atoms with Gasteiger partial charge in [0.1, 0.15) is 5.75 Å². The summed E-state index contributed by atoms with van der Waals surface area (Å²) < 4.78 is 6.25. The van der Waals surface area contributed by atoms with Gasteiger partial charge in [0, 0.05) is 6.54 Å². The first-order valence-electron chi connectivity index (χ1n) is 6.98. The molecule has 19 heavy (non-hydrogen) atoms. The predicted molar refractivity (Wildman–Crippen MR) is 85.6 cm³/mol. The van der Waals surface area contributed by atoms with Gasteiger partial charge in [-0.2, -0.15) is 0 Å². The Labute approximate surface area is 126 Å². The fourth-order valence-corrected chi connectivity index (χ4v) is 3.03. The third kappa shape index (κ3) is 5.15. The minimum Gasteiger partial charge on any atom is -0.496 e. The van der Waals surface area contributed by atoms with Gasteiger partial charge in [-0.3, -0.25) is 0 Å². The number of nitrogens with one attached hydrogen (secondary N) is 1. The van der Waals surface area contributed by atoms with E-state index in [1.807, 2.05) is 6.07 Å². The molecule has 1 aromatic rings. The van der Waals surface area contributed by atoms with Crippen molar-refractivity contribution in [3.05, 3.63) is 28.2 Å². The molecule has 3 heteroatoms. The molecule has 2 nitrogen and oxygen atoms in total. The van der Waals surface area contributed by atoms with Crippen molar-refractivity contribution < 1.29 is 4.74 Å². The smallest absolute Gasteiger partial charge is 0.133 e. The Bertz CT molecular complexity index is 382. The largest absolute Gasteiger partial charge is 0.496 e. The minimum absolute atomic E-state index is 0.718. The molecule has 0 radical (unpaired) electrons. The van der Waals surface area contributed by atoms with E-state index in [2.05, 4.69) is 61.1 Å². The molecule has 0 unspecified atom stereocenters. The van der Waals surface area contributed by atoms with Crippen molar-refractivity contribution in [3.8, 4) is 5.75 Å². The molecular weight excluding hydrogens is 302 g/mol. The second kappa shape index (κ2) is 7.91. The van der Waals surface area contributed by atoms with Crippen molar-refractivity contribution in [3.63, 3.8) is 0 Å². The van der Waals surface area contributed by atoms with Crippen LogP contribution in [-0.4, -0.2) is 13.7 Å². The summed E-state index contributed by atoms with van der Waals surface area (Å²) in [5.74, 6) is 3.04. The van der Waals surface area contributed by atoms with Crippen LogP contribution in [0.2, 0.25) is 0 Å². The monoisotopic (exact) mass is 327 g/mol. The minimum atomic E-state index is 0.718. The Hall–Kier alpha value is -0.540.